The minimum Gasteiger partial charge on any atom is -0.466 e. The van der Waals surface area contributed by atoms with E-state index in [-0.39, 0.29) is 11.9 Å². The SMILES string of the molecule is CCOC(=O)C1C/C1=C/n1cc(C)c(=O)[nH]c1=O. The van der Waals surface area contributed by atoms with Gasteiger partial charge in [-0.1, -0.05) is 0 Å². The Morgan fingerprint density at radius 1 is 1.61 bits per heavy atom. The number of aromatic amines is 1. The summed E-state index contributed by atoms with van der Waals surface area (Å²) in [6.45, 7) is 3.71. The Hall–Kier alpha value is -2.11. The van der Waals surface area contributed by atoms with Gasteiger partial charge in [0.2, 0.25) is 0 Å². The van der Waals surface area contributed by atoms with Gasteiger partial charge in [-0.3, -0.25) is 19.1 Å². The third-order valence-corrected chi connectivity index (χ3v) is 2.75. The monoisotopic (exact) mass is 250 g/mol. The first kappa shape index (κ1) is 12.3. The van der Waals surface area contributed by atoms with Crippen LogP contribution in [0.4, 0.5) is 0 Å². The third-order valence-electron chi connectivity index (χ3n) is 2.75. The molecule has 0 aromatic carbocycles. The largest absolute Gasteiger partial charge is 0.466 e. The van der Waals surface area contributed by atoms with Gasteiger partial charge in [0.25, 0.3) is 5.56 Å². The highest BCUT2D eigenvalue weighted by Gasteiger charge is 2.38. The summed E-state index contributed by atoms with van der Waals surface area (Å²) in [7, 11) is 0. The van der Waals surface area contributed by atoms with Crippen molar-refractivity contribution in [2.75, 3.05) is 6.61 Å². The van der Waals surface area contributed by atoms with Crippen molar-refractivity contribution in [1.82, 2.24) is 9.55 Å². The molecular formula is C12H14N2O4. The van der Waals surface area contributed by atoms with Gasteiger partial charge in [-0.2, -0.15) is 0 Å². The molecule has 1 aromatic heterocycles. The number of H-pyrrole nitrogens is 1. The van der Waals surface area contributed by atoms with E-state index in [0.717, 1.165) is 5.57 Å². The summed E-state index contributed by atoms with van der Waals surface area (Å²) >= 11 is 0. The van der Waals surface area contributed by atoms with Crippen LogP contribution in [0.5, 0.6) is 0 Å². The second-order valence-electron chi connectivity index (χ2n) is 4.19. The summed E-state index contributed by atoms with van der Waals surface area (Å²) in [6.07, 6.45) is 3.63. The highest BCUT2D eigenvalue weighted by Crippen LogP contribution is 2.38. The minimum atomic E-state index is -0.507. The molecule has 0 saturated heterocycles. The number of aryl methyl sites for hydroxylation is 1. The smallest absolute Gasteiger partial charge is 0.332 e. The van der Waals surface area contributed by atoms with Gasteiger partial charge in [0.1, 0.15) is 0 Å². The summed E-state index contributed by atoms with van der Waals surface area (Å²) in [4.78, 5) is 36.3. The van der Waals surface area contributed by atoms with Crippen molar-refractivity contribution in [3.63, 3.8) is 0 Å². The number of nitrogens with one attached hydrogen (secondary N) is 1. The maximum absolute atomic E-state index is 11.5. The topological polar surface area (TPSA) is 81.2 Å². The number of hydrogen-bond donors (Lipinski definition) is 1. The molecule has 1 N–H and O–H groups in total. The van der Waals surface area contributed by atoms with E-state index in [9.17, 15) is 14.4 Å². The molecule has 1 fully saturated rings. The Labute approximate surface area is 103 Å². The Bertz CT molecular complexity index is 624. The van der Waals surface area contributed by atoms with Crippen LogP contribution in [0.15, 0.2) is 21.4 Å². The predicted octanol–water partition coefficient (Wildman–Crippen LogP) is 0.269. The van der Waals surface area contributed by atoms with E-state index in [0.29, 0.717) is 18.6 Å². The summed E-state index contributed by atoms with van der Waals surface area (Å²) in [5.74, 6) is -0.512. The van der Waals surface area contributed by atoms with Crippen molar-refractivity contribution in [2.45, 2.75) is 20.3 Å². The molecule has 6 nitrogen and oxygen atoms in total. The molecule has 2 rings (SSSR count). The van der Waals surface area contributed by atoms with Crippen LogP contribution < -0.4 is 11.2 Å². The molecule has 1 aromatic rings. The zero-order chi connectivity index (χ0) is 13.3. The molecule has 1 aliphatic carbocycles. The van der Waals surface area contributed by atoms with Crippen molar-refractivity contribution in [1.29, 1.82) is 0 Å². The summed E-state index contributed by atoms with van der Waals surface area (Å²) in [5.41, 5.74) is 0.377. The molecule has 0 radical (unpaired) electrons. The molecule has 0 aliphatic heterocycles. The van der Waals surface area contributed by atoms with Gasteiger partial charge >= 0.3 is 11.7 Å². The average Bonchev–Trinajstić information content (AvgIpc) is 3.06. The number of carbonyl (C=O) groups excluding carboxylic acids is 1. The van der Waals surface area contributed by atoms with Crippen LogP contribution in [-0.2, 0) is 9.53 Å². The lowest BCUT2D eigenvalue weighted by atomic mass is 10.4. The van der Waals surface area contributed by atoms with Crippen LogP contribution in [0.25, 0.3) is 6.20 Å². The summed E-state index contributed by atoms with van der Waals surface area (Å²) < 4.78 is 6.16. The van der Waals surface area contributed by atoms with E-state index in [4.69, 9.17) is 4.74 Å². The lowest BCUT2D eigenvalue weighted by molar-refractivity contribution is -0.144. The van der Waals surface area contributed by atoms with Gasteiger partial charge in [0.15, 0.2) is 0 Å². The number of aromatic nitrogens is 2. The van der Waals surface area contributed by atoms with Crippen LogP contribution in [0.3, 0.4) is 0 Å². The van der Waals surface area contributed by atoms with Gasteiger partial charge in [0.05, 0.1) is 12.5 Å². The average molecular weight is 250 g/mol. The number of hydrogen-bond acceptors (Lipinski definition) is 4. The highest BCUT2D eigenvalue weighted by molar-refractivity contribution is 5.82. The highest BCUT2D eigenvalue weighted by atomic mass is 16.5. The van der Waals surface area contributed by atoms with E-state index in [2.05, 4.69) is 4.98 Å². The molecule has 0 amide bonds. The number of esters is 1. The second kappa shape index (κ2) is 4.64. The van der Waals surface area contributed by atoms with Crippen LogP contribution in [0, 0.1) is 12.8 Å². The predicted molar refractivity (Wildman–Crippen MR) is 65.1 cm³/mol. The van der Waals surface area contributed by atoms with Gasteiger partial charge in [-0.25, -0.2) is 4.79 Å². The fraction of sp³-hybridized carbons (Fsp3) is 0.417. The first-order chi connectivity index (χ1) is 8.52. The van der Waals surface area contributed by atoms with Crippen LogP contribution >= 0.6 is 0 Å². The normalized spacial score (nSPS) is 19.9. The molecule has 6 heteroatoms. The van der Waals surface area contributed by atoms with Gasteiger partial charge < -0.3 is 4.74 Å². The lowest BCUT2D eigenvalue weighted by Gasteiger charge is -1.99. The standard InChI is InChI=1S/C12H14N2O4/c1-3-18-11(16)9-4-8(9)6-14-5-7(2)10(15)13-12(14)17/h5-6,9H,3-4H2,1-2H3,(H,13,15,17)/b8-6-. The minimum absolute atomic E-state index is 0.246. The fourth-order valence-electron chi connectivity index (χ4n) is 1.66. The van der Waals surface area contributed by atoms with Crippen molar-refractivity contribution in [3.8, 4) is 0 Å². The molecular weight excluding hydrogens is 236 g/mol. The van der Waals surface area contributed by atoms with Crippen molar-refractivity contribution >= 4 is 12.2 Å². The van der Waals surface area contributed by atoms with Crippen molar-refractivity contribution in [2.24, 2.45) is 5.92 Å². The molecule has 1 heterocycles. The number of carbonyl (C=O) groups is 1. The fourth-order valence-corrected chi connectivity index (χ4v) is 1.66. The molecule has 0 bridgehead atoms. The van der Waals surface area contributed by atoms with Crippen LogP contribution in [0.2, 0.25) is 0 Å². The molecule has 18 heavy (non-hydrogen) atoms. The number of rotatable bonds is 3. The zero-order valence-electron chi connectivity index (χ0n) is 10.2. The maximum atomic E-state index is 11.5. The van der Waals surface area contributed by atoms with E-state index in [1.54, 1.807) is 20.0 Å². The summed E-state index contributed by atoms with van der Waals surface area (Å²) in [5, 5.41) is 0. The number of ether oxygens (including phenoxy) is 1. The third kappa shape index (κ3) is 2.42. The molecule has 1 unspecified atom stereocenters. The molecule has 1 saturated carbocycles. The van der Waals surface area contributed by atoms with Crippen LogP contribution in [0.1, 0.15) is 18.9 Å². The van der Waals surface area contributed by atoms with E-state index < -0.39 is 11.2 Å². The Morgan fingerprint density at radius 2 is 2.33 bits per heavy atom. The second-order valence-corrected chi connectivity index (χ2v) is 4.19. The van der Waals surface area contributed by atoms with Crippen molar-refractivity contribution < 1.29 is 9.53 Å². The molecule has 0 spiro atoms. The Kier molecular flexibility index (Phi) is 3.18. The lowest BCUT2D eigenvalue weighted by Crippen LogP contribution is -2.28. The summed E-state index contributed by atoms with van der Waals surface area (Å²) in [6, 6.07) is 0. The Balaban J connectivity index is 2.22. The van der Waals surface area contributed by atoms with Crippen LogP contribution in [-0.4, -0.2) is 22.1 Å². The Morgan fingerprint density at radius 3 is 3.00 bits per heavy atom. The zero-order valence-corrected chi connectivity index (χ0v) is 10.2. The molecule has 96 valence electrons. The van der Waals surface area contributed by atoms with Gasteiger partial charge in [-0.15, -0.1) is 0 Å². The van der Waals surface area contributed by atoms with E-state index in [1.807, 2.05) is 0 Å². The van der Waals surface area contributed by atoms with Gasteiger partial charge in [0, 0.05) is 18.0 Å². The van der Waals surface area contributed by atoms with Gasteiger partial charge in [-0.05, 0) is 25.8 Å². The molecule has 1 atom stereocenters. The van der Waals surface area contributed by atoms with E-state index in [1.165, 1.54) is 10.8 Å². The maximum Gasteiger partial charge on any atom is 0.332 e. The van der Waals surface area contributed by atoms with Crippen molar-refractivity contribution in [3.05, 3.63) is 38.2 Å². The number of nitrogens with zero attached hydrogens (tertiary/aromatic N) is 1. The first-order valence-electron chi connectivity index (χ1n) is 5.72. The quantitative estimate of drug-likeness (QED) is 0.781. The van der Waals surface area contributed by atoms with E-state index >= 15 is 0 Å². The first-order valence-corrected chi connectivity index (χ1v) is 5.72. The molecule has 1 aliphatic rings.